The van der Waals surface area contributed by atoms with Crippen molar-refractivity contribution in [2.45, 2.75) is 31.3 Å². The lowest BCUT2D eigenvalue weighted by atomic mass is 10.0. The van der Waals surface area contributed by atoms with Crippen molar-refractivity contribution in [1.29, 1.82) is 0 Å². The molecule has 118 valence electrons. The van der Waals surface area contributed by atoms with Crippen molar-refractivity contribution in [2.75, 3.05) is 6.26 Å². The van der Waals surface area contributed by atoms with Gasteiger partial charge in [0.15, 0.2) is 9.84 Å². The van der Waals surface area contributed by atoms with Gasteiger partial charge in [-0.1, -0.05) is 17.7 Å². The van der Waals surface area contributed by atoms with Gasteiger partial charge in [0.1, 0.15) is 0 Å². The Morgan fingerprint density at radius 2 is 2.05 bits per heavy atom. The van der Waals surface area contributed by atoms with Crippen LogP contribution in [0, 0.1) is 6.92 Å². The van der Waals surface area contributed by atoms with Crippen LogP contribution in [0.15, 0.2) is 41.6 Å². The van der Waals surface area contributed by atoms with Gasteiger partial charge in [0.2, 0.25) is 0 Å². The average Bonchev–Trinajstić information content (AvgIpc) is 2.44. The largest absolute Gasteiger partial charge is 0.306 e. The molecule has 0 bridgehead atoms. The van der Waals surface area contributed by atoms with Gasteiger partial charge in [-0.05, 0) is 48.7 Å². The van der Waals surface area contributed by atoms with Crippen LogP contribution in [-0.4, -0.2) is 19.7 Å². The van der Waals surface area contributed by atoms with E-state index in [2.05, 4.69) is 17.2 Å². The minimum atomic E-state index is -3.29. The molecule has 1 aromatic heterocycles. The van der Waals surface area contributed by atoms with Crippen molar-refractivity contribution >= 4 is 21.4 Å². The zero-order valence-electron chi connectivity index (χ0n) is 12.8. The first-order valence-corrected chi connectivity index (χ1v) is 9.18. The Hall–Kier alpha value is -1.43. The van der Waals surface area contributed by atoms with E-state index in [-0.39, 0.29) is 16.0 Å². The van der Waals surface area contributed by atoms with Crippen molar-refractivity contribution in [1.82, 2.24) is 10.3 Å². The number of aromatic nitrogens is 1. The van der Waals surface area contributed by atoms with Gasteiger partial charge in [0.25, 0.3) is 0 Å². The number of halogens is 1. The Bertz CT molecular complexity index is 775. The van der Waals surface area contributed by atoms with Crippen LogP contribution >= 0.6 is 11.6 Å². The molecular formula is C16H19ClN2O2S. The third kappa shape index (κ3) is 4.06. The molecule has 0 amide bonds. The van der Waals surface area contributed by atoms with Gasteiger partial charge in [-0.3, -0.25) is 4.98 Å². The van der Waals surface area contributed by atoms with Gasteiger partial charge in [-0.25, -0.2) is 8.42 Å². The monoisotopic (exact) mass is 338 g/mol. The summed E-state index contributed by atoms with van der Waals surface area (Å²) in [7, 11) is -3.29. The highest BCUT2D eigenvalue weighted by molar-refractivity contribution is 7.90. The van der Waals surface area contributed by atoms with E-state index < -0.39 is 9.84 Å². The van der Waals surface area contributed by atoms with Crippen LogP contribution in [0.2, 0.25) is 5.02 Å². The highest BCUT2D eigenvalue weighted by atomic mass is 35.5. The fourth-order valence-corrected chi connectivity index (χ4v) is 3.66. The summed E-state index contributed by atoms with van der Waals surface area (Å²) >= 11 is 6.06. The number of hydrogen-bond acceptors (Lipinski definition) is 4. The molecule has 0 aliphatic carbocycles. The summed E-state index contributed by atoms with van der Waals surface area (Å²) < 4.78 is 23.1. The number of pyridine rings is 1. The topological polar surface area (TPSA) is 59.1 Å². The summed E-state index contributed by atoms with van der Waals surface area (Å²) in [6, 6.07) is 7.18. The maximum atomic E-state index is 11.5. The van der Waals surface area contributed by atoms with Gasteiger partial charge in [-0.15, -0.1) is 0 Å². The molecule has 0 aliphatic heterocycles. The minimum absolute atomic E-state index is 0.163. The first-order chi connectivity index (χ1) is 10.3. The summed E-state index contributed by atoms with van der Waals surface area (Å²) in [4.78, 5) is 4.25. The van der Waals surface area contributed by atoms with Gasteiger partial charge in [-0.2, -0.15) is 0 Å². The van der Waals surface area contributed by atoms with Crippen molar-refractivity contribution in [3.63, 3.8) is 0 Å². The first kappa shape index (κ1) is 16.9. The van der Waals surface area contributed by atoms with E-state index in [1.807, 2.05) is 19.2 Å². The van der Waals surface area contributed by atoms with Crippen molar-refractivity contribution in [2.24, 2.45) is 0 Å². The molecule has 6 heteroatoms. The summed E-state index contributed by atoms with van der Waals surface area (Å²) in [5, 5.41) is 3.66. The molecule has 0 saturated carbocycles. The van der Waals surface area contributed by atoms with Crippen molar-refractivity contribution < 1.29 is 8.42 Å². The summed E-state index contributed by atoms with van der Waals surface area (Å²) in [5.41, 5.74) is 3.26. The normalized spacial score (nSPS) is 13.1. The van der Waals surface area contributed by atoms with Crippen molar-refractivity contribution in [3.05, 3.63) is 58.4 Å². The highest BCUT2D eigenvalue weighted by Crippen LogP contribution is 2.23. The molecule has 1 aromatic carbocycles. The lowest BCUT2D eigenvalue weighted by Crippen LogP contribution is -2.19. The molecule has 1 unspecified atom stereocenters. The van der Waals surface area contributed by atoms with Gasteiger partial charge in [0.05, 0.1) is 9.92 Å². The number of rotatable bonds is 5. The van der Waals surface area contributed by atoms with E-state index in [1.165, 1.54) is 5.56 Å². The van der Waals surface area contributed by atoms with Crippen LogP contribution in [0.3, 0.4) is 0 Å². The third-order valence-corrected chi connectivity index (χ3v) is 5.12. The lowest BCUT2D eigenvalue weighted by Gasteiger charge is -2.16. The number of nitrogens with zero attached hydrogens (tertiary/aromatic N) is 1. The molecule has 1 heterocycles. The van der Waals surface area contributed by atoms with E-state index in [0.29, 0.717) is 6.54 Å². The summed E-state index contributed by atoms with van der Waals surface area (Å²) in [5.74, 6) is 0. The molecule has 2 rings (SSSR count). The Balaban J connectivity index is 2.09. The van der Waals surface area contributed by atoms with Crippen LogP contribution in [0.4, 0.5) is 0 Å². The number of benzene rings is 1. The molecule has 2 aromatic rings. The lowest BCUT2D eigenvalue weighted by molar-refractivity contribution is 0.571. The minimum Gasteiger partial charge on any atom is -0.306 e. The van der Waals surface area contributed by atoms with Gasteiger partial charge >= 0.3 is 0 Å². The fraction of sp³-hybridized carbons (Fsp3) is 0.312. The van der Waals surface area contributed by atoms with Gasteiger partial charge < -0.3 is 5.32 Å². The first-order valence-electron chi connectivity index (χ1n) is 6.91. The third-order valence-electron chi connectivity index (χ3n) is 3.54. The Labute approximate surface area is 136 Å². The smallest absolute Gasteiger partial charge is 0.176 e. The van der Waals surface area contributed by atoms with E-state index in [1.54, 1.807) is 24.4 Å². The summed E-state index contributed by atoms with van der Waals surface area (Å²) in [6.45, 7) is 4.71. The zero-order valence-corrected chi connectivity index (χ0v) is 14.4. The molecule has 0 saturated heterocycles. The van der Waals surface area contributed by atoms with E-state index in [9.17, 15) is 8.42 Å². The second kappa shape index (κ2) is 6.77. The molecule has 0 aliphatic rings. The van der Waals surface area contributed by atoms with E-state index >= 15 is 0 Å². The van der Waals surface area contributed by atoms with E-state index in [4.69, 9.17) is 11.6 Å². The van der Waals surface area contributed by atoms with Crippen LogP contribution in [0.25, 0.3) is 0 Å². The maximum Gasteiger partial charge on any atom is 0.176 e. The van der Waals surface area contributed by atoms with Crippen LogP contribution in [0.1, 0.15) is 29.7 Å². The van der Waals surface area contributed by atoms with Gasteiger partial charge in [0, 0.05) is 31.2 Å². The Morgan fingerprint density at radius 3 is 2.64 bits per heavy atom. The number of sulfone groups is 1. The second-order valence-electron chi connectivity index (χ2n) is 5.37. The molecule has 0 fully saturated rings. The molecule has 1 atom stereocenters. The summed E-state index contributed by atoms with van der Waals surface area (Å²) in [6.07, 6.45) is 4.77. The van der Waals surface area contributed by atoms with E-state index in [0.717, 1.165) is 17.4 Å². The predicted molar refractivity (Wildman–Crippen MR) is 88.8 cm³/mol. The second-order valence-corrected chi connectivity index (χ2v) is 7.76. The average molecular weight is 339 g/mol. The SMILES string of the molecule is Cc1cnccc1C(C)NCc1ccc(S(C)(=O)=O)c(Cl)c1. The standard InChI is InChI=1S/C16H19ClN2O2S/c1-11-9-18-7-6-14(11)12(2)19-10-13-4-5-16(15(17)8-13)22(3,20)21/h4-9,12,19H,10H2,1-3H3. The Kier molecular flexibility index (Phi) is 5.21. The molecule has 0 radical (unpaired) electrons. The molecule has 4 nitrogen and oxygen atoms in total. The molecule has 1 N–H and O–H groups in total. The van der Waals surface area contributed by atoms with Crippen molar-refractivity contribution in [3.8, 4) is 0 Å². The van der Waals surface area contributed by atoms with Crippen LogP contribution in [0.5, 0.6) is 0 Å². The highest BCUT2D eigenvalue weighted by Gasteiger charge is 2.13. The predicted octanol–water partition coefficient (Wildman–Crippen LogP) is 3.30. The molecular weight excluding hydrogens is 320 g/mol. The number of nitrogens with one attached hydrogen (secondary N) is 1. The fourth-order valence-electron chi connectivity index (χ4n) is 2.31. The molecule has 0 spiro atoms. The van der Waals surface area contributed by atoms with Crippen LogP contribution in [-0.2, 0) is 16.4 Å². The zero-order chi connectivity index (χ0) is 16.3. The Morgan fingerprint density at radius 1 is 1.32 bits per heavy atom. The molecule has 22 heavy (non-hydrogen) atoms. The number of aryl methyl sites for hydroxylation is 1. The maximum absolute atomic E-state index is 11.5. The number of hydrogen-bond donors (Lipinski definition) is 1. The van der Waals surface area contributed by atoms with Crippen LogP contribution < -0.4 is 5.32 Å². The quantitative estimate of drug-likeness (QED) is 0.908.